The number of aliphatic carboxylic acids is 3. The van der Waals surface area contributed by atoms with E-state index in [2.05, 4.69) is 10.1 Å². The molecule has 2 aromatic rings. The summed E-state index contributed by atoms with van der Waals surface area (Å²) in [4.78, 5) is 104. The number of hydrogen-bond acceptors (Lipinski definition) is 16. The highest BCUT2D eigenvalue weighted by Crippen LogP contribution is 2.46. The van der Waals surface area contributed by atoms with Crippen LogP contribution in [-0.2, 0) is 33.6 Å². The summed E-state index contributed by atoms with van der Waals surface area (Å²) in [6.45, 7) is 1.65. The first-order chi connectivity index (χ1) is 25.6. The fourth-order valence-corrected chi connectivity index (χ4v) is 8.83. The lowest BCUT2D eigenvalue weighted by atomic mass is 9.89. The van der Waals surface area contributed by atoms with Crippen molar-refractivity contribution in [3.8, 4) is 11.5 Å². The summed E-state index contributed by atoms with van der Waals surface area (Å²) in [5, 5.41) is 53.1. The number of carboxylic acid groups (broad SMARTS) is 3. The number of aromatic nitrogens is 1. The normalized spacial score (nSPS) is 21.1. The van der Waals surface area contributed by atoms with E-state index in [0.29, 0.717) is 28.2 Å². The Labute approximate surface area is 312 Å². The van der Waals surface area contributed by atoms with Crippen molar-refractivity contribution in [3.63, 3.8) is 0 Å². The first kappa shape index (κ1) is 38.2. The molecular formula is C32H33N6O14S2+. The summed E-state index contributed by atoms with van der Waals surface area (Å²) < 4.78 is 0.349. The van der Waals surface area contributed by atoms with Gasteiger partial charge in [0.15, 0.2) is 28.1 Å². The molecule has 3 amide bonds. The van der Waals surface area contributed by atoms with Crippen LogP contribution >= 0.6 is 23.1 Å². The van der Waals surface area contributed by atoms with Crippen molar-refractivity contribution < 1.29 is 73.3 Å². The number of quaternary nitrogens is 1. The number of nitrogen functional groups attached to an aromatic ring is 1. The van der Waals surface area contributed by atoms with Crippen LogP contribution in [-0.4, -0.2) is 142 Å². The van der Waals surface area contributed by atoms with E-state index in [4.69, 9.17) is 20.5 Å². The van der Waals surface area contributed by atoms with Crippen molar-refractivity contribution in [2.24, 2.45) is 11.1 Å². The van der Waals surface area contributed by atoms with Crippen LogP contribution in [0, 0.1) is 5.92 Å². The van der Waals surface area contributed by atoms with E-state index >= 15 is 0 Å². The van der Waals surface area contributed by atoms with E-state index in [-0.39, 0.29) is 53.1 Å². The largest absolute Gasteiger partial charge is 0.504 e. The second-order valence-corrected chi connectivity index (χ2v) is 14.9. The third-order valence-electron chi connectivity index (χ3n) is 9.47. The van der Waals surface area contributed by atoms with E-state index in [1.807, 2.05) is 0 Å². The summed E-state index contributed by atoms with van der Waals surface area (Å²) >= 11 is 2.21. The number of oxime groups is 1. The topological polar surface area (TPSA) is 297 Å². The Bertz CT molecular complexity index is 1980. The fraction of sp³-hybridized carbons (Fsp3) is 0.406. The van der Waals surface area contributed by atoms with Gasteiger partial charge in [-0.2, -0.15) is 0 Å². The number of benzene rings is 1. The van der Waals surface area contributed by atoms with Crippen molar-refractivity contribution in [2.45, 2.75) is 37.2 Å². The van der Waals surface area contributed by atoms with Gasteiger partial charge in [-0.15, -0.1) is 28.2 Å². The summed E-state index contributed by atoms with van der Waals surface area (Å²) in [5.41, 5.74) is 5.14. The van der Waals surface area contributed by atoms with E-state index in [1.165, 1.54) is 17.1 Å². The molecule has 0 spiro atoms. The molecule has 1 aromatic carbocycles. The standard InChI is InChI=1S/C32H32N6O14S2/c33-32-34-18(13-54-32)24(35-52-22(30(47)48)10-23(42)43)21(41)9-17-26(44)36-25(31(49)50)14(12-53-29(17)36)11-38(3-1-2-4-38)5-6-51-37-27(45)15-7-19(39)20(40)8-16(15)28(37)46/h7-8,13,17,22,29H,1-6,9-12H2,(H6-,33,34,35,39,40,41,42,43,45,46,47,48,49,50)/p+1/t17-,22+,29-/m1/s1. The predicted molar refractivity (Wildman–Crippen MR) is 184 cm³/mol. The minimum Gasteiger partial charge on any atom is -0.504 e. The van der Waals surface area contributed by atoms with E-state index in [1.54, 1.807) is 0 Å². The third kappa shape index (κ3) is 7.31. The van der Waals surface area contributed by atoms with Crippen LogP contribution < -0.4 is 5.73 Å². The molecule has 5 heterocycles. The number of hydroxylamine groups is 2. The van der Waals surface area contributed by atoms with Crippen molar-refractivity contribution >= 4 is 75.4 Å². The SMILES string of the molecule is Nc1nc(/C(=N/O[C@@H](CC(=O)O)C(=O)O)C(=O)C[C@@H]2C(=O)N3C(C(=O)O)=C(C[N+]4(CCON5C(=O)c6cc(O)c(O)cc6C5=O)CCCC4)CS[C@H]23)cs1. The Morgan fingerprint density at radius 3 is 2.24 bits per heavy atom. The Kier molecular flexibility index (Phi) is 10.6. The van der Waals surface area contributed by atoms with Crippen LogP contribution in [0.5, 0.6) is 11.5 Å². The second-order valence-electron chi connectivity index (χ2n) is 12.9. The number of amides is 3. The number of carbonyl (C=O) groups excluding carboxylic acids is 4. The lowest BCUT2D eigenvalue weighted by Gasteiger charge is -2.50. The molecular weight excluding hydrogens is 757 g/mol. The first-order valence-corrected chi connectivity index (χ1v) is 18.3. The van der Waals surface area contributed by atoms with Gasteiger partial charge in [-0.3, -0.25) is 33.7 Å². The molecule has 2 fully saturated rings. The summed E-state index contributed by atoms with van der Waals surface area (Å²) in [7, 11) is 0. The van der Waals surface area contributed by atoms with Crippen molar-refractivity contribution in [1.29, 1.82) is 0 Å². The molecule has 4 aliphatic heterocycles. The quantitative estimate of drug-likeness (QED) is 0.0336. The fourth-order valence-electron chi connectivity index (χ4n) is 6.87. The number of nitrogens with two attached hydrogens (primary N) is 1. The number of thioether (sulfide) groups is 1. The molecule has 0 bridgehead atoms. The van der Waals surface area contributed by atoms with Gasteiger partial charge in [-0.05, 0) is 12.1 Å². The highest BCUT2D eigenvalue weighted by atomic mass is 32.2. The molecule has 20 nitrogen and oxygen atoms in total. The van der Waals surface area contributed by atoms with Gasteiger partial charge in [0.25, 0.3) is 11.8 Å². The number of anilines is 1. The number of rotatable bonds is 16. The van der Waals surface area contributed by atoms with Crippen molar-refractivity contribution in [2.75, 3.05) is 44.3 Å². The Morgan fingerprint density at radius 1 is 1.04 bits per heavy atom. The molecule has 0 radical (unpaired) electrons. The maximum absolute atomic E-state index is 13.6. The molecule has 0 aliphatic carbocycles. The van der Waals surface area contributed by atoms with Crippen LogP contribution in [0.15, 0.2) is 33.9 Å². The number of fused-ring (bicyclic) bond motifs is 2. The molecule has 4 aliphatic rings. The third-order valence-corrected chi connectivity index (χ3v) is 11.5. The number of likely N-dealkylation sites (tertiary alicyclic amines) is 1. The van der Waals surface area contributed by atoms with Gasteiger partial charge < -0.3 is 40.6 Å². The van der Waals surface area contributed by atoms with Crippen LogP contribution in [0.2, 0.25) is 0 Å². The lowest BCUT2D eigenvalue weighted by molar-refractivity contribution is -0.913. The second kappa shape index (κ2) is 15.0. The molecule has 0 unspecified atom stereocenters. The zero-order valence-electron chi connectivity index (χ0n) is 28.1. The number of Topliss-reactive ketones (excluding diaryl/α,β-unsaturated/α-hetero) is 1. The van der Waals surface area contributed by atoms with E-state index in [0.717, 1.165) is 41.2 Å². The number of imide groups is 1. The van der Waals surface area contributed by atoms with Crippen LogP contribution in [0.25, 0.3) is 0 Å². The number of carbonyl (C=O) groups is 7. The van der Waals surface area contributed by atoms with Gasteiger partial charge >= 0.3 is 17.9 Å². The Morgan fingerprint density at radius 2 is 1.69 bits per heavy atom. The molecule has 286 valence electrons. The van der Waals surface area contributed by atoms with Crippen LogP contribution in [0.4, 0.5) is 5.13 Å². The highest BCUT2D eigenvalue weighted by Gasteiger charge is 2.55. The van der Waals surface area contributed by atoms with Crippen molar-refractivity contribution in [1.82, 2.24) is 14.9 Å². The number of β-lactam (4-membered cyclic amide) rings is 1. The molecule has 1 aromatic heterocycles. The zero-order chi connectivity index (χ0) is 39.1. The lowest BCUT2D eigenvalue weighted by Crippen LogP contribution is -2.62. The number of carboxylic acids is 3. The van der Waals surface area contributed by atoms with Crippen LogP contribution in [0.1, 0.15) is 52.1 Å². The van der Waals surface area contributed by atoms with Crippen molar-refractivity contribution in [3.05, 3.63) is 45.6 Å². The first-order valence-electron chi connectivity index (χ1n) is 16.4. The minimum absolute atomic E-state index is 0.0409. The zero-order valence-corrected chi connectivity index (χ0v) is 29.7. The molecule has 3 atom stereocenters. The van der Waals surface area contributed by atoms with Gasteiger partial charge in [-0.25, -0.2) is 14.6 Å². The number of nitrogens with zero attached hydrogens (tertiary/aromatic N) is 5. The van der Waals surface area contributed by atoms with Gasteiger partial charge in [-0.1, -0.05) is 5.16 Å². The molecule has 6 rings (SSSR count). The number of phenolic OH excluding ortho intramolecular Hbond substituents is 2. The van der Waals surface area contributed by atoms with Gasteiger partial charge in [0.05, 0.1) is 41.9 Å². The number of hydrogen-bond donors (Lipinski definition) is 6. The average molecular weight is 790 g/mol. The maximum Gasteiger partial charge on any atom is 0.352 e. The number of ketones is 1. The predicted octanol–water partition coefficient (Wildman–Crippen LogP) is 0.453. The number of phenols is 2. The number of aromatic hydroxyl groups is 2. The minimum atomic E-state index is -1.93. The smallest absolute Gasteiger partial charge is 0.352 e. The molecule has 0 saturated carbocycles. The van der Waals surface area contributed by atoms with E-state index < -0.39 is 88.9 Å². The van der Waals surface area contributed by atoms with Gasteiger partial charge in [0.1, 0.15) is 31.1 Å². The monoisotopic (exact) mass is 789 g/mol. The Balaban J connectivity index is 1.15. The molecule has 7 N–H and O–H groups in total. The van der Waals surface area contributed by atoms with Gasteiger partial charge in [0.2, 0.25) is 12.0 Å². The summed E-state index contributed by atoms with van der Waals surface area (Å²) in [5.74, 6) is -9.44. The molecule has 54 heavy (non-hydrogen) atoms. The van der Waals surface area contributed by atoms with Crippen LogP contribution in [0.3, 0.4) is 0 Å². The molecule has 2 saturated heterocycles. The average Bonchev–Trinajstić information content (AvgIpc) is 3.82. The Hall–Kier alpha value is -5.58. The highest BCUT2D eigenvalue weighted by molar-refractivity contribution is 8.00. The number of thiazole rings is 1. The van der Waals surface area contributed by atoms with E-state index in [9.17, 15) is 54.0 Å². The van der Waals surface area contributed by atoms with Gasteiger partial charge in [0, 0.05) is 36.0 Å². The summed E-state index contributed by atoms with van der Waals surface area (Å²) in [6.07, 6.45) is -1.74. The maximum atomic E-state index is 13.6. The molecule has 22 heteroatoms. The summed E-state index contributed by atoms with van der Waals surface area (Å²) in [6, 6.07) is 1.96.